The van der Waals surface area contributed by atoms with Crippen LogP contribution in [0.1, 0.15) is 36.0 Å². The van der Waals surface area contributed by atoms with Gasteiger partial charge in [0.25, 0.3) is 5.91 Å². The molecule has 1 aromatic heterocycles. The summed E-state index contributed by atoms with van der Waals surface area (Å²) in [6.45, 7) is 4.15. The van der Waals surface area contributed by atoms with Gasteiger partial charge in [-0.3, -0.25) is 4.79 Å². The standard InChI is InChI=1S/C13H23N5OS/c1-15-12(19)10-11(14)17-20-13(10)16-6-9-18-7-4-2-3-5-8-18/h16H,2-9H2,1H3,(H2,14,17)(H,15,19). The van der Waals surface area contributed by atoms with Crippen LogP contribution < -0.4 is 16.4 Å². The predicted octanol–water partition coefficient (Wildman–Crippen LogP) is 1.37. The second-order valence-corrected chi connectivity index (χ2v) is 5.81. The molecule has 0 bridgehead atoms. The van der Waals surface area contributed by atoms with E-state index in [1.807, 2.05) is 0 Å². The smallest absolute Gasteiger partial charge is 0.257 e. The first kappa shape index (κ1) is 15.1. The number of carbonyl (C=O) groups is 1. The van der Waals surface area contributed by atoms with Gasteiger partial charge in [0.15, 0.2) is 5.82 Å². The first-order valence-electron chi connectivity index (χ1n) is 7.16. The molecule has 0 spiro atoms. The number of nitrogens with zero attached hydrogens (tertiary/aromatic N) is 2. The van der Waals surface area contributed by atoms with Gasteiger partial charge >= 0.3 is 0 Å². The molecule has 0 aliphatic carbocycles. The van der Waals surface area contributed by atoms with Gasteiger partial charge in [-0.15, -0.1) is 0 Å². The minimum Gasteiger partial charge on any atom is -0.382 e. The van der Waals surface area contributed by atoms with E-state index in [4.69, 9.17) is 5.73 Å². The number of aromatic nitrogens is 1. The van der Waals surface area contributed by atoms with Crippen LogP contribution in [0, 0.1) is 0 Å². The van der Waals surface area contributed by atoms with E-state index >= 15 is 0 Å². The first-order valence-corrected chi connectivity index (χ1v) is 7.93. The third-order valence-electron chi connectivity index (χ3n) is 3.58. The lowest BCUT2D eigenvalue weighted by atomic mass is 10.2. The van der Waals surface area contributed by atoms with Gasteiger partial charge < -0.3 is 21.3 Å². The summed E-state index contributed by atoms with van der Waals surface area (Å²) in [4.78, 5) is 14.2. The molecule has 1 aliphatic rings. The van der Waals surface area contributed by atoms with E-state index in [2.05, 4.69) is 19.9 Å². The normalized spacial score (nSPS) is 16.6. The number of nitrogen functional groups attached to an aromatic ring is 1. The molecule has 0 radical (unpaired) electrons. The monoisotopic (exact) mass is 297 g/mol. The number of nitrogens with one attached hydrogen (secondary N) is 2. The lowest BCUT2D eigenvalue weighted by Crippen LogP contribution is -2.30. The summed E-state index contributed by atoms with van der Waals surface area (Å²) < 4.78 is 4.05. The largest absolute Gasteiger partial charge is 0.382 e. The Morgan fingerprint density at radius 3 is 2.70 bits per heavy atom. The SMILES string of the molecule is CNC(=O)c1c(N)nsc1NCCN1CCCCCC1. The summed E-state index contributed by atoms with van der Waals surface area (Å²) in [5, 5.41) is 6.65. The Bertz CT molecular complexity index is 440. The molecular formula is C13H23N5OS. The fourth-order valence-corrected chi connectivity index (χ4v) is 3.19. The molecule has 112 valence electrons. The molecular weight excluding hydrogens is 274 g/mol. The molecule has 2 rings (SSSR count). The molecule has 7 heteroatoms. The molecule has 0 unspecified atom stereocenters. The Balaban J connectivity index is 1.86. The minimum absolute atomic E-state index is 0.187. The zero-order valence-corrected chi connectivity index (χ0v) is 12.8. The number of carbonyl (C=O) groups excluding carboxylic acids is 1. The van der Waals surface area contributed by atoms with Crippen LogP contribution in [0.3, 0.4) is 0 Å². The topological polar surface area (TPSA) is 83.3 Å². The molecule has 20 heavy (non-hydrogen) atoms. The molecule has 0 saturated carbocycles. The van der Waals surface area contributed by atoms with Crippen molar-refractivity contribution in [2.45, 2.75) is 25.7 Å². The van der Waals surface area contributed by atoms with Crippen molar-refractivity contribution in [2.24, 2.45) is 0 Å². The lowest BCUT2D eigenvalue weighted by molar-refractivity contribution is 0.0965. The van der Waals surface area contributed by atoms with Gasteiger partial charge in [-0.1, -0.05) is 12.8 Å². The number of anilines is 2. The van der Waals surface area contributed by atoms with Crippen LogP contribution in [0.4, 0.5) is 10.8 Å². The third-order valence-corrected chi connectivity index (χ3v) is 4.40. The molecule has 0 atom stereocenters. The molecule has 1 fully saturated rings. The summed E-state index contributed by atoms with van der Waals surface area (Å²) >= 11 is 1.25. The predicted molar refractivity (Wildman–Crippen MR) is 83.3 cm³/mol. The molecule has 1 saturated heterocycles. The second kappa shape index (κ2) is 7.44. The van der Waals surface area contributed by atoms with Crippen molar-refractivity contribution in [3.8, 4) is 0 Å². The van der Waals surface area contributed by atoms with Crippen molar-refractivity contribution in [3.63, 3.8) is 0 Å². The second-order valence-electron chi connectivity index (χ2n) is 5.03. The Morgan fingerprint density at radius 2 is 2.05 bits per heavy atom. The van der Waals surface area contributed by atoms with E-state index < -0.39 is 0 Å². The van der Waals surface area contributed by atoms with Crippen molar-refractivity contribution in [1.82, 2.24) is 14.6 Å². The van der Waals surface area contributed by atoms with Crippen LogP contribution in [0.15, 0.2) is 0 Å². The zero-order chi connectivity index (χ0) is 14.4. The van der Waals surface area contributed by atoms with Crippen molar-refractivity contribution < 1.29 is 4.79 Å². The van der Waals surface area contributed by atoms with E-state index in [-0.39, 0.29) is 5.91 Å². The number of likely N-dealkylation sites (tertiary alicyclic amines) is 1. The maximum atomic E-state index is 11.8. The van der Waals surface area contributed by atoms with Crippen LogP contribution >= 0.6 is 11.5 Å². The summed E-state index contributed by atoms with van der Waals surface area (Å²) in [7, 11) is 1.60. The van der Waals surface area contributed by atoms with Crippen molar-refractivity contribution in [1.29, 1.82) is 0 Å². The maximum absolute atomic E-state index is 11.8. The summed E-state index contributed by atoms with van der Waals surface area (Å²) in [5.41, 5.74) is 6.21. The van der Waals surface area contributed by atoms with Gasteiger partial charge in [-0.2, -0.15) is 4.37 Å². The summed E-state index contributed by atoms with van der Waals surface area (Å²) in [6, 6.07) is 0. The Hall–Kier alpha value is -1.34. The Kier molecular flexibility index (Phi) is 5.60. The van der Waals surface area contributed by atoms with E-state index in [0.717, 1.165) is 18.1 Å². The average Bonchev–Trinajstić information content (AvgIpc) is 2.67. The summed E-state index contributed by atoms with van der Waals surface area (Å²) in [5.74, 6) is 0.111. The van der Waals surface area contributed by atoms with E-state index in [1.54, 1.807) is 7.05 Å². The van der Waals surface area contributed by atoms with Crippen molar-refractivity contribution in [2.75, 3.05) is 44.3 Å². The van der Waals surface area contributed by atoms with Gasteiger partial charge in [0, 0.05) is 20.1 Å². The molecule has 1 aromatic rings. The number of nitrogens with two attached hydrogens (primary N) is 1. The van der Waals surface area contributed by atoms with E-state index in [9.17, 15) is 4.79 Å². The molecule has 0 aromatic carbocycles. The number of hydrogen-bond donors (Lipinski definition) is 3. The fourth-order valence-electron chi connectivity index (χ4n) is 2.45. The van der Waals surface area contributed by atoms with Crippen LogP contribution in [-0.4, -0.2) is 48.4 Å². The molecule has 1 amide bonds. The third kappa shape index (κ3) is 3.83. The Labute approximate surface area is 123 Å². The highest BCUT2D eigenvalue weighted by Crippen LogP contribution is 2.26. The minimum atomic E-state index is -0.187. The molecule has 2 heterocycles. The van der Waals surface area contributed by atoms with E-state index in [0.29, 0.717) is 11.4 Å². The van der Waals surface area contributed by atoms with Crippen molar-refractivity contribution in [3.05, 3.63) is 5.56 Å². The lowest BCUT2D eigenvalue weighted by Gasteiger charge is -2.19. The van der Waals surface area contributed by atoms with Gasteiger partial charge in [0.2, 0.25) is 0 Å². The summed E-state index contributed by atoms with van der Waals surface area (Å²) in [6.07, 6.45) is 5.26. The highest BCUT2D eigenvalue weighted by atomic mass is 32.1. The van der Waals surface area contributed by atoms with Gasteiger partial charge in [0.05, 0.1) is 0 Å². The first-order chi connectivity index (χ1) is 9.72. The number of amides is 1. The van der Waals surface area contributed by atoms with Crippen LogP contribution in [0.5, 0.6) is 0 Å². The Morgan fingerprint density at radius 1 is 1.35 bits per heavy atom. The average molecular weight is 297 g/mol. The maximum Gasteiger partial charge on any atom is 0.257 e. The van der Waals surface area contributed by atoms with Crippen LogP contribution in [0.2, 0.25) is 0 Å². The van der Waals surface area contributed by atoms with Gasteiger partial charge in [-0.05, 0) is 37.5 Å². The number of hydrogen-bond acceptors (Lipinski definition) is 6. The van der Waals surface area contributed by atoms with E-state index in [1.165, 1.54) is 50.3 Å². The molecule has 1 aliphatic heterocycles. The zero-order valence-electron chi connectivity index (χ0n) is 11.9. The number of rotatable bonds is 5. The quantitative estimate of drug-likeness (QED) is 0.764. The van der Waals surface area contributed by atoms with Gasteiger partial charge in [-0.25, -0.2) is 0 Å². The fraction of sp³-hybridized carbons (Fsp3) is 0.692. The highest BCUT2D eigenvalue weighted by molar-refractivity contribution is 7.11. The molecule has 6 nitrogen and oxygen atoms in total. The van der Waals surface area contributed by atoms with Crippen LogP contribution in [0.25, 0.3) is 0 Å². The highest BCUT2D eigenvalue weighted by Gasteiger charge is 2.18. The van der Waals surface area contributed by atoms with Crippen LogP contribution in [-0.2, 0) is 0 Å². The molecule has 4 N–H and O–H groups in total. The van der Waals surface area contributed by atoms with Gasteiger partial charge in [0.1, 0.15) is 10.6 Å². The van der Waals surface area contributed by atoms with Crippen molar-refractivity contribution >= 4 is 28.3 Å².